The summed E-state index contributed by atoms with van der Waals surface area (Å²) < 4.78 is 5.35. The van der Waals surface area contributed by atoms with E-state index in [0.717, 1.165) is 44.0 Å². The van der Waals surface area contributed by atoms with Gasteiger partial charge in [-0.15, -0.1) is 11.3 Å². The summed E-state index contributed by atoms with van der Waals surface area (Å²) in [6.45, 7) is 1.68. The lowest BCUT2D eigenvalue weighted by Gasteiger charge is -2.20. The van der Waals surface area contributed by atoms with E-state index in [4.69, 9.17) is 4.74 Å². The summed E-state index contributed by atoms with van der Waals surface area (Å²) in [5.41, 5.74) is 0. The first-order chi connectivity index (χ1) is 8.33. The second-order valence-electron chi connectivity index (χ2n) is 4.72. The number of rotatable bonds is 3. The zero-order valence-corrected chi connectivity index (χ0v) is 10.5. The molecule has 1 saturated carbocycles. The lowest BCUT2D eigenvalue weighted by Crippen LogP contribution is -2.13. The van der Waals surface area contributed by atoms with Gasteiger partial charge in [0, 0.05) is 30.2 Å². The van der Waals surface area contributed by atoms with Crippen molar-refractivity contribution in [1.82, 2.24) is 4.98 Å². The molecular weight excluding hydrogens is 236 g/mol. The standard InChI is InChI=1S/C12H16N2O2S/c15-11(9-1-2-9)14-12-13-7-10(17-12)8-3-5-16-6-4-8/h7-9H,1-6H2,(H,13,14,15). The van der Waals surface area contributed by atoms with Crippen LogP contribution < -0.4 is 5.32 Å². The van der Waals surface area contributed by atoms with Gasteiger partial charge in [-0.05, 0) is 31.6 Å². The molecule has 1 aromatic rings. The van der Waals surface area contributed by atoms with Crippen molar-refractivity contribution >= 4 is 22.4 Å². The number of aromatic nitrogens is 1. The van der Waals surface area contributed by atoms with Gasteiger partial charge in [-0.2, -0.15) is 0 Å². The highest BCUT2D eigenvalue weighted by Gasteiger charge is 2.30. The van der Waals surface area contributed by atoms with Crippen molar-refractivity contribution in [3.8, 4) is 0 Å². The van der Waals surface area contributed by atoms with Crippen LogP contribution in [0.3, 0.4) is 0 Å². The molecule has 1 aromatic heterocycles. The average molecular weight is 252 g/mol. The second kappa shape index (κ2) is 4.74. The summed E-state index contributed by atoms with van der Waals surface area (Å²) in [7, 11) is 0. The Kier molecular flexibility index (Phi) is 3.11. The maximum Gasteiger partial charge on any atom is 0.229 e. The number of carbonyl (C=O) groups excluding carboxylic acids is 1. The summed E-state index contributed by atoms with van der Waals surface area (Å²) in [6, 6.07) is 0. The summed E-state index contributed by atoms with van der Waals surface area (Å²) >= 11 is 1.61. The summed E-state index contributed by atoms with van der Waals surface area (Å²) in [5, 5.41) is 3.65. The van der Waals surface area contributed by atoms with Gasteiger partial charge in [-0.3, -0.25) is 4.79 Å². The minimum atomic E-state index is 0.137. The molecule has 4 nitrogen and oxygen atoms in total. The number of hydrogen-bond acceptors (Lipinski definition) is 4. The van der Waals surface area contributed by atoms with Crippen LogP contribution in [0.5, 0.6) is 0 Å². The van der Waals surface area contributed by atoms with Crippen molar-refractivity contribution in [2.45, 2.75) is 31.6 Å². The van der Waals surface area contributed by atoms with E-state index in [1.165, 1.54) is 4.88 Å². The van der Waals surface area contributed by atoms with Crippen LogP contribution in [-0.4, -0.2) is 24.1 Å². The highest BCUT2D eigenvalue weighted by molar-refractivity contribution is 7.15. The highest BCUT2D eigenvalue weighted by Crippen LogP contribution is 2.34. The smallest absolute Gasteiger partial charge is 0.229 e. The van der Waals surface area contributed by atoms with E-state index in [2.05, 4.69) is 10.3 Å². The molecule has 1 saturated heterocycles. The number of ether oxygens (including phenoxy) is 1. The van der Waals surface area contributed by atoms with E-state index >= 15 is 0 Å². The van der Waals surface area contributed by atoms with E-state index in [0.29, 0.717) is 5.92 Å². The van der Waals surface area contributed by atoms with Crippen molar-refractivity contribution in [3.63, 3.8) is 0 Å². The van der Waals surface area contributed by atoms with Gasteiger partial charge in [-0.25, -0.2) is 4.98 Å². The average Bonchev–Trinajstić information content (AvgIpc) is 3.12. The molecule has 1 N–H and O–H groups in total. The third kappa shape index (κ3) is 2.66. The zero-order chi connectivity index (χ0) is 11.7. The monoisotopic (exact) mass is 252 g/mol. The molecule has 2 fully saturated rings. The largest absolute Gasteiger partial charge is 0.381 e. The van der Waals surface area contributed by atoms with Gasteiger partial charge < -0.3 is 10.1 Å². The fourth-order valence-electron chi connectivity index (χ4n) is 2.07. The molecule has 2 heterocycles. The van der Waals surface area contributed by atoms with Gasteiger partial charge in [0.2, 0.25) is 5.91 Å². The first-order valence-electron chi connectivity index (χ1n) is 6.17. The molecular formula is C12H16N2O2S. The Hall–Kier alpha value is -0.940. The van der Waals surface area contributed by atoms with Gasteiger partial charge in [0.1, 0.15) is 0 Å². The van der Waals surface area contributed by atoms with Gasteiger partial charge in [0.25, 0.3) is 0 Å². The summed E-state index contributed by atoms with van der Waals surface area (Å²) in [6.07, 6.45) is 6.10. The number of nitrogens with zero attached hydrogens (tertiary/aromatic N) is 1. The lowest BCUT2D eigenvalue weighted by molar-refractivity contribution is -0.117. The second-order valence-corrected chi connectivity index (χ2v) is 5.78. The van der Waals surface area contributed by atoms with Gasteiger partial charge in [0.15, 0.2) is 5.13 Å². The predicted octanol–water partition coefficient (Wildman–Crippen LogP) is 2.39. The van der Waals surface area contributed by atoms with Crippen molar-refractivity contribution < 1.29 is 9.53 Å². The predicted molar refractivity (Wildman–Crippen MR) is 66.3 cm³/mol. The topological polar surface area (TPSA) is 51.2 Å². The van der Waals surface area contributed by atoms with E-state index in [9.17, 15) is 4.79 Å². The van der Waals surface area contributed by atoms with Crippen LogP contribution in [0.2, 0.25) is 0 Å². The summed E-state index contributed by atoms with van der Waals surface area (Å²) in [4.78, 5) is 17.2. The number of thiazole rings is 1. The SMILES string of the molecule is O=C(Nc1ncc(C2CCOCC2)s1)C1CC1. The molecule has 3 rings (SSSR count). The number of carbonyl (C=O) groups is 1. The van der Waals surface area contributed by atoms with Crippen molar-refractivity contribution in [1.29, 1.82) is 0 Å². The zero-order valence-electron chi connectivity index (χ0n) is 9.65. The molecule has 5 heteroatoms. The minimum absolute atomic E-state index is 0.137. The van der Waals surface area contributed by atoms with Crippen molar-refractivity contribution in [2.24, 2.45) is 5.92 Å². The molecule has 0 aromatic carbocycles. The molecule has 2 aliphatic rings. The minimum Gasteiger partial charge on any atom is -0.381 e. The van der Waals surface area contributed by atoms with Gasteiger partial charge in [-0.1, -0.05) is 0 Å². The molecule has 0 atom stereocenters. The Morgan fingerprint density at radius 1 is 1.35 bits per heavy atom. The van der Waals surface area contributed by atoms with Crippen LogP contribution in [0.25, 0.3) is 0 Å². The lowest BCUT2D eigenvalue weighted by atomic mass is 9.99. The van der Waals surface area contributed by atoms with E-state index < -0.39 is 0 Å². The van der Waals surface area contributed by atoms with Crippen LogP contribution in [0, 0.1) is 5.92 Å². The van der Waals surface area contributed by atoms with Gasteiger partial charge in [0.05, 0.1) is 0 Å². The quantitative estimate of drug-likeness (QED) is 0.898. The maximum atomic E-state index is 11.6. The molecule has 0 radical (unpaired) electrons. The number of nitrogens with one attached hydrogen (secondary N) is 1. The maximum absolute atomic E-state index is 11.6. The molecule has 0 unspecified atom stereocenters. The first-order valence-corrected chi connectivity index (χ1v) is 6.99. The van der Waals surface area contributed by atoms with Gasteiger partial charge >= 0.3 is 0 Å². The summed E-state index contributed by atoms with van der Waals surface area (Å²) in [5.74, 6) is 0.941. The third-order valence-electron chi connectivity index (χ3n) is 3.33. The first kappa shape index (κ1) is 11.2. The fraction of sp³-hybridized carbons (Fsp3) is 0.667. The molecule has 92 valence electrons. The molecule has 17 heavy (non-hydrogen) atoms. The molecule has 0 spiro atoms. The normalized spacial score (nSPS) is 21.4. The van der Waals surface area contributed by atoms with Crippen LogP contribution in [-0.2, 0) is 9.53 Å². The Morgan fingerprint density at radius 3 is 2.82 bits per heavy atom. The van der Waals surface area contributed by atoms with Crippen LogP contribution >= 0.6 is 11.3 Å². The van der Waals surface area contributed by atoms with E-state index in [1.54, 1.807) is 11.3 Å². The molecule has 0 bridgehead atoms. The van der Waals surface area contributed by atoms with Crippen molar-refractivity contribution in [3.05, 3.63) is 11.1 Å². The Labute approximate surface area is 104 Å². The fourth-order valence-corrected chi connectivity index (χ4v) is 3.06. The molecule has 1 aliphatic carbocycles. The Bertz CT molecular complexity index is 408. The van der Waals surface area contributed by atoms with Crippen LogP contribution in [0.1, 0.15) is 36.5 Å². The number of hydrogen-bond donors (Lipinski definition) is 1. The van der Waals surface area contributed by atoms with E-state index in [1.807, 2.05) is 6.20 Å². The number of amides is 1. The highest BCUT2D eigenvalue weighted by atomic mass is 32.1. The van der Waals surface area contributed by atoms with Crippen LogP contribution in [0.4, 0.5) is 5.13 Å². The Morgan fingerprint density at radius 2 is 2.12 bits per heavy atom. The molecule has 1 amide bonds. The van der Waals surface area contributed by atoms with E-state index in [-0.39, 0.29) is 11.8 Å². The van der Waals surface area contributed by atoms with Crippen molar-refractivity contribution in [2.75, 3.05) is 18.5 Å². The third-order valence-corrected chi connectivity index (χ3v) is 4.40. The van der Waals surface area contributed by atoms with Crippen LogP contribution in [0.15, 0.2) is 6.20 Å². The molecule has 1 aliphatic heterocycles. The Balaban J connectivity index is 1.62. The number of anilines is 1.